The lowest BCUT2D eigenvalue weighted by atomic mass is 10.1. The minimum Gasteiger partial charge on any atom is -0.484 e. The molecule has 0 heterocycles. The molecule has 7 heteroatoms. The van der Waals surface area contributed by atoms with Crippen molar-refractivity contribution in [3.63, 3.8) is 0 Å². The van der Waals surface area contributed by atoms with Crippen molar-refractivity contribution in [2.45, 2.75) is 46.2 Å². The molecule has 5 nitrogen and oxygen atoms in total. The number of aryl methyl sites for hydroxylation is 1. The van der Waals surface area contributed by atoms with Crippen LogP contribution in [0.4, 0.5) is 0 Å². The van der Waals surface area contributed by atoms with E-state index in [0.717, 1.165) is 12.0 Å². The number of nitrogens with one attached hydrogen (secondary N) is 1. The summed E-state index contributed by atoms with van der Waals surface area (Å²) in [6, 6.07) is 12.0. The second-order valence-electron chi connectivity index (χ2n) is 7.03. The Balaban J connectivity index is 2.25. The number of nitrogens with zero attached hydrogens (tertiary/aromatic N) is 1. The van der Waals surface area contributed by atoms with Crippen LogP contribution in [0, 0.1) is 6.92 Å². The van der Waals surface area contributed by atoms with Gasteiger partial charge in [-0.3, -0.25) is 9.59 Å². The SMILES string of the molecule is CCCNC(=O)C(CC)N(Cc1ccc(Cl)cc1Cl)C(=O)COc1ccccc1C. The number of para-hydroxylation sites is 1. The molecule has 2 amide bonds. The zero-order valence-corrected chi connectivity index (χ0v) is 19.1. The van der Waals surface area contributed by atoms with Crippen molar-refractivity contribution < 1.29 is 14.3 Å². The first-order valence-corrected chi connectivity index (χ1v) is 10.8. The van der Waals surface area contributed by atoms with Gasteiger partial charge in [0, 0.05) is 23.1 Å². The van der Waals surface area contributed by atoms with Crippen molar-refractivity contribution >= 4 is 35.0 Å². The molecule has 1 atom stereocenters. The molecule has 0 aromatic heterocycles. The molecule has 0 aliphatic heterocycles. The Morgan fingerprint density at radius 3 is 2.50 bits per heavy atom. The number of hydrogen-bond donors (Lipinski definition) is 1. The quantitative estimate of drug-likeness (QED) is 0.552. The number of carbonyl (C=O) groups is 2. The van der Waals surface area contributed by atoms with E-state index in [1.165, 1.54) is 4.90 Å². The fourth-order valence-electron chi connectivity index (χ4n) is 3.06. The smallest absolute Gasteiger partial charge is 0.261 e. The van der Waals surface area contributed by atoms with E-state index >= 15 is 0 Å². The van der Waals surface area contributed by atoms with Gasteiger partial charge in [0.05, 0.1) is 0 Å². The van der Waals surface area contributed by atoms with Crippen LogP contribution < -0.4 is 10.1 Å². The Kier molecular flexibility index (Phi) is 9.47. The monoisotopic (exact) mass is 450 g/mol. The van der Waals surface area contributed by atoms with Crippen molar-refractivity contribution in [2.75, 3.05) is 13.2 Å². The third kappa shape index (κ3) is 6.64. The third-order valence-corrected chi connectivity index (χ3v) is 5.32. The minimum atomic E-state index is -0.628. The molecular weight excluding hydrogens is 423 g/mol. The summed E-state index contributed by atoms with van der Waals surface area (Å²) < 4.78 is 5.75. The highest BCUT2D eigenvalue weighted by molar-refractivity contribution is 6.35. The van der Waals surface area contributed by atoms with Gasteiger partial charge in [-0.25, -0.2) is 0 Å². The van der Waals surface area contributed by atoms with Crippen molar-refractivity contribution in [2.24, 2.45) is 0 Å². The summed E-state index contributed by atoms with van der Waals surface area (Å²) in [6.07, 6.45) is 1.28. The molecule has 0 radical (unpaired) electrons. The first kappa shape index (κ1) is 24.0. The Morgan fingerprint density at radius 2 is 1.87 bits per heavy atom. The van der Waals surface area contributed by atoms with E-state index in [1.807, 2.05) is 45.0 Å². The van der Waals surface area contributed by atoms with Gasteiger partial charge < -0.3 is 15.0 Å². The van der Waals surface area contributed by atoms with Gasteiger partial charge in [-0.05, 0) is 49.1 Å². The minimum absolute atomic E-state index is 0.173. The summed E-state index contributed by atoms with van der Waals surface area (Å²) in [5, 5.41) is 3.84. The van der Waals surface area contributed by atoms with E-state index in [4.69, 9.17) is 27.9 Å². The Morgan fingerprint density at radius 1 is 1.13 bits per heavy atom. The van der Waals surface area contributed by atoms with Gasteiger partial charge >= 0.3 is 0 Å². The first-order chi connectivity index (χ1) is 14.4. The average Bonchev–Trinajstić information content (AvgIpc) is 2.72. The molecule has 0 fully saturated rings. The first-order valence-electron chi connectivity index (χ1n) is 10.1. The average molecular weight is 451 g/mol. The number of carbonyl (C=O) groups excluding carboxylic acids is 2. The summed E-state index contributed by atoms with van der Waals surface area (Å²) in [6.45, 7) is 6.34. The van der Waals surface area contributed by atoms with E-state index in [-0.39, 0.29) is 25.0 Å². The van der Waals surface area contributed by atoms with E-state index in [2.05, 4.69) is 5.32 Å². The number of rotatable bonds is 10. The molecule has 0 saturated carbocycles. The van der Waals surface area contributed by atoms with Crippen LogP contribution in [0.1, 0.15) is 37.8 Å². The van der Waals surface area contributed by atoms with Crippen LogP contribution in [0.15, 0.2) is 42.5 Å². The van der Waals surface area contributed by atoms with Crippen LogP contribution in [0.2, 0.25) is 10.0 Å². The zero-order chi connectivity index (χ0) is 22.1. The van der Waals surface area contributed by atoms with E-state index in [9.17, 15) is 9.59 Å². The van der Waals surface area contributed by atoms with Crippen LogP contribution in [-0.2, 0) is 16.1 Å². The van der Waals surface area contributed by atoms with E-state index < -0.39 is 6.04 Å². The number of hydrogen-bond acceptors (Lipinski definition) is 3. The molecule has 2 aromatic carbocycles. The second kappa shape index (κ2) is 11.8. The highest BCUT2D eigenvalue weighted by Gasteiger charge is 2.29. The third-order valence-electron chi connectivity index (χ3n) is 4.74. The van der Waals surface area contributed by atoms with Crippen LogP contribution in [0.25, 0.3) is 0 Å². The molecule has 1 N–H and O–H groups in total. The summed E-state index contributed by atoms with van der Waals surface area (Å²) in [5.74, 6) is 0.162. The molecule has 30 heavy (non-hydrogen) atoms. The van der Waals surface area contributed by atoms with Crippen LogP contribution in [-0.4, -0.2) is 35.9 Å². The normalized spacial score (nSPS) is 11.6. The maximum Gasteiger partial charge on any atom is 0.261 e. The molecular formula is C23H28Cl2N2O3. The standard InChI is InChI=1S/C23H28Cl2N2O3/c1-4-12-26-23(29)20(5-2)27(14-17-10-11-18(24)13-19(17)25)22(28)15-30-21-9-7-6-8-16(21)3/h6-11,13,20H,4-5,12,14-15H2,1-3H3,(H,26,29). The summed E-state index contributed by atoms with van der Waals surface area (Å²) in [7, 11) is 0. The van der Waals surface area contributed by atoms with Gasteiger partial charge in [-0.2, -0.15) is 0 Å². The molecule has 162 valence electrons. The number of ether oxygens (including phenoxy) is 1. The van der Waals surface area contributed by atoms with Crippen molar-refractivity contribution in [1.82, 2.24) is 10.2 Å². The summed E-state index contributed by atoms with van der Waals surface area (Å²) in [5.41, 5.74) is 1.65. The fraction of sp³-hybridized carbons (Fsp3) is 0.391. The largest absolute Gasteiger partial charge is 0.484 e. The van der Waals surface area contributed by atoms with Crippen molar-refractivity contribution in [3.8, 4) is 5.75 Å². The van der Waals surface area contributed by atoms with Crippen molar-refractivity contribution in [1.29, 1.82) is 0 Å². The second-order valence-corrected chi connectivity index (χ2v) is 7.87. The number of amides is 2. The molecule has 2 aromatic rings. The van der Waals surface area contributed by atoms with Crippen LogP contribution in [0.5, 0.6) is 5.75 Å². The molecule has 1 unspecified atom stereocenters. The van der Waals surface area contributed by atoms with Gasteiger partial charge in [0.2, 0.25) is 5.91 Å². The van der Waals surface area contributed by atoms with Gasteiger partial charge in [-0.1, -0.05) is 61.3 Å². The van der Waals surface area contributed by atoms with E-state index in [1.54, 1.807) is 18.2 Å². The molecule has 0 aliphatic rings. The Labute approximate surface area is 188 Å². The lowest BCUT2D eigenvalue weighted by molar-refractivity contribution is -0.143. The summed E-state index contributed by atoms with van der Waals surface area (Å²) in [4.78, 5) is 27.4. The van der Waals surface area contributed by atoms with Gasteiger partial charge in [0.1, 0.15) is 11.8 Å². The topological polar surface area (TPSA) is 58.6 Å². The Bertz CT molecular complexity index is 873. The Hall–Kier alpha value is -2.24. The molecule has 0 saturated heterocycles. The van der Waals surface area contributed by atoms with Gasteiger partial charge in [-0.15, -0.1) is 0 Å². The zero-order valence-electron chi connectivity index (χ0n) is 17.6. The fourth-order valence-corrected chi connectivity index (χ4v) is 3.53. The lowest BCUT2D eigenvalue weighted by Crippen LogP contribution is -2.50. The van der Waals surface area contributed by atoms with Gasteiger partial charge in [0.15, 0.2) is 6.61 Å². The maximum absolute atomic E-state index is 13.1. The van der Waals surface area contributed by atoms with Gasteiger partial charge in [0.25, 0.3) is 5.91 Å². The molecule has 0 aliphatic carbocycles. The number of halogens is 2. The molecule has 2 rings (SSSR count). The highest BCUT2D eigenvalue weighted by Crippen LogP contribution is 2.24. The van der Waals surface area contributed by atoms with Crippen molar-refractivity contribution in [3.05, 3.63) is 63.6 Å². The van der Waals surface area contributed by atoms with E-state index in [0.29, 0.717) is 34.3 Å². The van der Waals surface area contributed by atoms with Crippen LogP contribution in [0.3, 0.4) is 0 Å². The molecule has 0 spiro atoms. The number of benzene rings is 2. The van der Waals surface area contributed by atoms with Crippen LogP contribution >= 0.6 is 23.2 Å². The summed E-state index contributed by atoms with van der Waals surface area (Å²) >= 11 is 12.3. The molecule has 0 bridgehead atoms. The lowest BCUT2D eigenvalue weighted by Gasteiger charge is -2.31. The highest BCUT2D eigenvalue weighted by atomic mass is 35.5. The maximum atomic E-state index is 13.1. The predicted octanol–water partition coefficient (Wildman–Crippen LogP) is 5.01. The predicted molar refractivity (Wildman–Crippen MR) is 121 cm³/mol.